The molecule has 144 valence electrons. The van der Waals surface area contributed by atoms with Crippen LogP contribution in [-0.2, 0) is 25.8 Å². The summed E-state index contributed by atoms with van der Waals surface area (Å²) >= 11 is 0. The van der Waals surface area contributed by atoms with Gasteiger partial charge in [-0.05, 0) is 57.2 Å². The number of rotatable bonds is 5. The van der Waals surface area contributed by atoms with Crippen LogP contribution in [0.1, 0.15) is 53.0 Å². The van der Waals surface area contributed by atoms with Crippen LogP contribution in [0.5, 0.6) is 0 Å². The summed E-state index contributed by atoms with van der Waals surface area (Å²) in [7, 11) is 1.70. The highest BCUT2D eigenvalue weighted by Crippen LogP contribution is 2.29. The Morgan fingerprint density at radius 1 is 1.19 bits per heavy atom. The highest BCUT2D eigenvalue weighted by molar-refractivity contribution is 5.93. The molecule has 5 heteroatoms. The van der Waals surface area contributed by atoms with Crippen molar-refractivity contribution in [2.45, 2.75) is 57.5 Å². The number of hydrogen-bond donors (Lipinski definition) is 1. The molecule has 1 aliphatic carbocycles. The number of aryl methyl sites for hydroxylation is 2. The van der Waals surface area contributed by atoms with Crippen LogP contribution in [0, 0.1) is 0 Å². The van der Waals surface area contributed by atoms with E-state index in [2.05, 4.69) is 39.2 Å². The van der Waals surface area contributed by atoms with Gasteiger partial charge in [0, 0.05) is 30.9 Å². The molecule has 1 atom stereocenters. The number of nitrogens with one attached hydrogen (secondary N) is 1. The molecule has 1 unspecified atom stereocenters. The number of hydrogen-bond acceptors (Lipinski definition) is 3. The first-order chi connectivity index (χ1) is 13.3. The van der Waals surface area contributed by atoms with Gasteiger partial charge in [-0.2, -0.15) is 5.10 Å². The summed E-state index contributed by atoms with van der Waals surface area (Å²) in [5.41, 5.74) is 4.41. The summed E-state index contributed by atoms with van der Waals surface area (Å²) in [5, 5.41) is 7.53. The number of amides is 1. The average Bonchev–Trinajstić information content (AvgIpc) is 3.11. The SMILES string of the molecule is CNC(=O)c1nn(CCc2ccccc2)c2c1CC(N1CCCCC1)CC2. The van der Waals surface area contributed by atoms with Crippen LogP contribution in [0.2, 0.25) is 0 Å². The number of carbonyl (C=O) groups is 1. The number of piperidine rings is 1. The molecule has 1 aliphatic heterocycles. The van der Waals surface area contributed by atoms with Gasteiger partial charge in [0.05, 0.1) is 0 Å². The zero-order valence-electron chi connectivity index (χ0n) is 16.3. The minimum atomic E-state index is -0.0518. The Hall–Kier alpha value is -2.14. The molecule has 2 aliphatic rings. The highest BCUT2D eigenvalue weighted by atomic mass is 16.1. The van der Waals surface area contributed by atoms with E-state index in [4.69, 9.17) is 5.10 Å². The molecule has 1 N–H and O–H groups in total. The van der Waals surface area contributed by atoms with Gasteiger partial charge in [0.25, 0.3) is 5.91 Å². The second-order valence-electron chi connectivity index (χ2n) is 7.80. The Bertz CT molecular complexity index is 777. The molecule has 1 amide bonds. The van der Waals surface area contributed by atoms with Gasteiger partial charge in [0.1, 0.15) is 0 Å². The van der Waals surface area contributed by atoms with E-state index in [-0.39, 0.29) is 5.91 Å². The molecule has 1 saturated heterocycles. The lowest BCUT2D eigenvalue weighted by Gasteiger charge is -2.37. The smallest absolute Gasteiger partial charge is 0.271 e. The standard InChI is InChI=1S/C22H30N4O/c1-23-22(27)21-19-16-18(25-13-6-3-7-14-25)10-11-20(19)26(24-21)15-12-17-8-4-2-5-9-17/h2,4-5,8-9,18H,3,6-7,10-16H2,1H3,(H,23,27). The molecular formula is C22H30N4O. The Balaban J connectivity index is 1.55. The van der Waals surface area contributed by atoms with Crippen molar-refractivity contribution >= 4 is 5.91 Å². The normalized spacial score (nSPS) is 20.3. The molecule has 1 aromatic heterocycles. The second kappa shape index (κ2) is 8.26. The van der Waals surface area contributed by atoms with E-state index in [1.807, 2.05) is 6.07 Å². The average molecular weight is 367 g/mol. The van der Waals surface area contributed by atoms with Gasteiger partial charge in [0.15, 0.2) is 5.69 Å². The topological polar surface area (TPSA) is 50.2 Å². The molecule has 27 heavy (non-hydrogen) atoms. The quantitative estimate of drug-likeness (QED) is 0.885. The van der Waals surface area contributed by atoms with Crippen LogP contribution in [0.15, 0.2) is 30.3 Å². The van der Waals surface area contributed by atoms with Crippen LogP contribution in [-0.4, -0.2) is 46.8 Å². The molecule has 2 aromatic rings. The molecule has 0 radical (unpaired) electrons. The van der Waals surface area contributed by atoms with Gasteiger partial charge in [-0.3, -0.25) is 9.48 Å². The summed E-state index contributed by atoms with van der Waals surface area (Å²) in [5.74, 6) is -0.0518. The van der Waals surface area contributed by atoms with Gasteiger partial charge < -0.3 is 10.2 Å². The number of carbonyl (C=O) groups excluding carboxylic acids is 1. The van der Waals surface area contributed by atoms with E-state index in [1.165, 1.54) is 55.6 Å². The summed E-state index contributed by atoms with van der Waals surface area (Å²) in [6, 6.07) is 11.1. The predicted octanol–water partition coefficient (Wildman–Crippen LogP) is 2.83. The Labute approximate surface area is 161 Å². The zero-order valence-corrected chi connectivity index (χ0v) is 16.3. The molecule has 5 nitrogen and oxygen atoms in total. The van der Waals surface area contributed by atoms with Crippen LogP contribution in [0.25, 0.3) is 0 Å². The number of likely N-dealkylation sites (tertiary alicyclic amines) is 1. The molecular weight excluding hydrogens is 336 g/mol. The van der Waals surface area contributed by atoms with Gasteiger partial charge >= 0.3 is 0 Å². The van der Waals surface area contributed by atoms with Crippen molar-refractivity contribution in [1.82, 2.24) is 20.0 Å². The maximum atomic E-state index is 12.5. The van der Waals surface area contributed by atoms with Crippen LogP contribution < -0.4 is 5.32 Å². The number of fused-ring (bicyclic) bond motifs is 1. The summed E-state index contributed by atoms with van der Waals surface area (Å²) in [4.78, 5) is 15.1. The monoisotopic (exact) mass is 366 g/mol. The first kappa shape index (κ1) is 18.2. The minimum absolute atomic E-state index is 0.0518. The number of nitrogens with zero attached hydrogens (tertiary/aromatic N) is 3. The van der Waals surface area contributed by atoms with E-state index < -0.39 is 0 Å². The van der Waals surface area contributed by atoms with Crippen molar-refractivity contribution in [2.24, 2.45) is 0 Å². The van der Waals surface area contributed by atoms with Gasteiger partial charge in [-0.25, -0.2) is 0 Å². The van der Waals surface area contributed by atoms with Crippen LogP contribution in [0.3, 0.4) is 0 Å². The van der Waals surface area contributed by atoms with Crippen molar-refractivity contribution in [3.05, 3.63) is 52.8 Å². The lowest BCUT2D eigenvalue weighted by molar-refractivity contribution is 0.0955. The van der Waals surface area contributed by atoms with Gasteiger partial charge in [0.2, 0.25) is 0 Å². The van der Waals surface area contributed by atoms with Crippen molar-refractivity contribution in [2.75, 3.05) is 20.1 Å². The van der Waals surface area contributed by atoms with E-state index in [0.717, 1.165) is 25.8 Å². The Morgan fingerprint density at radius 2 is 1.96 bits per heavy atom. The fourth-order valence-electron chi connectivity index (χ4n) is 4.63. The zero-order chi connectivity index (χ0) is 18.6. The number of benzene rings is 1. The molecule has 2 heterocycles. The van der Waals surface area contributed by atoms with Crippen LogP contribution in [0.4, 0.5) is 0 Å². The van der Waals surface area contributed by atoms with Crippen molar-refractivity contribution in [3.8, 4) is 0 Å². The molecule has 0 bridgehead atoms. The van der Waals surface area contributed by atoms with E-state index >= 15 is 0 Å². The largest absolute Gasteiger partial charge is 0.354 e. The Morgan fingerprint density at radius 3 is 2.70 bits per heavy atom. The fourth-order valence-corrected chi connectivity index (χ4v) is 4.63. The molecule has 1 aromatic carbocycles. The molecule has 4 rings (SSSR count). The van der Waals surface area contributed by atoms with E-state index in [1.54, 1.807) is 7.05 Å². The second-order valence-corrected chi connectivity index (χ2v) is 7.80. The maximum absolute atomic E-state index is 12.5. The maximum Gasteiger partial charge on any atom is 0.271 e. The lowest BCUT2D eigenvalue weighted by Crippen LogP contribution is -2.42. The fraction of sp³-hybridized carbons (Fsp3) is 0.545. The van der Waals surface area contributed by atoms with Crippen molar-refractivity contribution < 1.29 is 4.79 Å². The third-order valence-electron chi connectivity index (χ3n) is 6.12. The number of aromatic nitrogens is 2. The third kappa shape index (κ3) is 3.93. The first-order valence-electron chi connectivity index (χ1n) is 10.3. The summed E-state index contributed by atoms with van der Waals surface area (Å²) < 4.78 is 2.10. The lowest BCUT2D eigenvalue weighted by atomic mass is 9.89. The third-order valence-corrected chi connectivity index (χ3v) is 6.12. The van der Waals surface area contributed by atoms with Gasteiger partial charge in [-0.1, -0.05) is 36.8 Å². The molecule has 0 spiro atoms. The highest BCUT2D eigenvalue weighted by Gasteiger charge is 2.31. The minimum Gasteiger partial charge on any atom is -0.354 e. The van der Waals surface area contributed by atoms with Crippen molar-refractivity contribution in [1.29, 1.82) is 0 Å². The van der Waals surface area contributed by atoms with E-state index in [9.17, 15) is 4.79 Å². The van der Waals surface area contributed by atoms with Crippen LogP contribution >= 0.6 is 0 Å². The Kier molecular flexibility index (Phi) is 5.58. The predicted molar refractivity (Wildman–Crippen MR) is 107 cm³/mol. The van der Waals surface area contributed by atoms with E-state index in [0.29, 0.717) is 11.7 Å². The summed E-state index contributed by atoms with van der Waals surface area (Å²) in [6.45, 7) is 3.24. The molecule has 0 saturated carbocycles. The molecule has 1 fully saturated rings. The van der Waals surface area contributed by atoms with Gasteiger partial charge in [-0.15, -0.1) is 0 Å². The summed E-state index contributed by atoms with van der Waals surface area (Å²) in [6.07, 6.45) is 8.08. The first-order valence-corrected chi connectivity index (χ1v) is 10.3. The van der Waals surface area contributed by atoms with Crippen molar-refractivity contribution in [3.63, 3.8) is 0 Å².